The summed E-state index contributed by atoms with van der Waals surface area (Å²) in [7, 11) is 0. The molecule has 0 amide bonds. The van der Waals surface area contributed by atoms with Crippen LogP contribution < -0.4 is 0 Å². The number of hydrogen-bond acceptors (Lipinski definition) is 1. The second kappa shape index (κ2) is 9.76. The number of halogens is 1. The van der Waals surface area contributed by atoms with Gasteiger partial charge in [-0.1, -0.05) is 110 Å². The minimum Gasteiger partial charge on any atom is -0.264 e. The molecule has 2 atom stereocenters. The zero-order chi connectivity index (χ0) is 24.5. The van der Waals surface area contributed by atoms with Gasteiger partial charge in [-0.15, -0.1) is 0 Å². The molecule has 2 heteroatoms. The minimum absolute atomic E-state index is 0.468. The van der Waals surface area contributed by atoms with Crippen molar-refractivity contribution in [3.8, 4) is 0 Å². The lowest BCUT2D eigenvalue weighted by Crippen LogP contribution is -2.18. The van der Waals surface area contributed by atoms with Crippen molar-refractivity contribution in [1.29, 1.82) is 0 Å². The first-order valence-electron chi connectivity index (χ1n) is 12.7. The quantitative estimate of drug-likeness (QED) is 0.211. The molecule has 2 unspecified atom stereocenters. The Morgan fingerprint density at radius 1 is 0.667 bits per heavy atom. The zero-order valence-electron chi connectivity index (χ0n) is 20.4. The summed E-state index contributed by atoms with van der Waals surface area (Å²) in [6, 6.07) is 36.5. The molecule has 1 heterocycles. The molecule has 1 nitrogen and oxygen atoms in total. The van der Waals surface area contributed by atoms with Crippen LogP contribution in [0.25, 0.3) is 32.3 Å². The highest BCUT2D eigenvalue weighted by molar-refractivity contribution is 6.36. The van der Waals surface area contributed by atoms with Crippen LogP contribution >= 0.6 is 11.6 Å². The Kier molecular flexibility index (Phi) is 6.17. The van der Waals surface area contributed by atoms with Crippen LogP contribution in [0.4, 0.5) is 0 Å². The molecule has 6 aromatic rings. The molecule has 1 aromatic heterocycles. The van der Waals surface area contributed by atoms with Crippen molar-refractivity contribution in [3.05, 3.63) is 137 Å². The number of aromatic nitrogens is 1. The Labute approximate surface area is 217 Å². The molecule has 7 rings (SSSR count). The van der Waals surface area contributed by atoms with Crippen LogP contribution in [0.3, 0.4) is 0 Å². The van der Waals surface area contributed by atoms with Crippen LogP contribution in [-0.4, -0.2) is 4.98 Å². The average molecular weight is 486 g/mol. The van der Waals surface area contributed by atoms with Crippen LogP contribution in [0.2, 0.25) is 5.02 Å². The third-order valence-corrected chi connectivity index (χ3v) is 7.77. The van der Waals surface area contributed by atoms with Gasteiger partial charge >= 0.3 is 0 Å². The van der Waals surface area contributed by atoms with E-state index in [0.29, 0.717) is 11.8 Å². The van der Waals surface area contributed by atoms with Gasteiger partial charge in [0.2, 0.25) is 0 Å². The van der Waals surface area contributed by atoms with Crippen molar-refractivity contribution in [2.24, 2.45) is 5.92 Å². The van der Waals surface area contributed by atoms with E-state index in [1.807, 2.05) is 36.7 Å². The Morgan fingerprint density at radius 2 is 1.39 bits per heavy atom. The van der Waals surface area contributed by atoms with E-state index < -0.39 is 0 Å². The van der Waals surface area contributed by atoms with Crippen molar-refractivity contribution >= 4 is 43.9 Å². The number of nitrogens with zero attached hydrogens (tertiary/aromatic N) is 1. The Hall–Kier alpha value is -3.68. The molecule has 1 aliphatic carbocycles. The molecule has 0 fully saturated rings. The van der Waals surface area contributed by atoms with Gasteiger partial charge in [-0.3, -0.25) is 4.98 Å². The Bertz CT molecular complexity index is 1610. The van der Waals surface area contributed by atoms with Gasteiger partial charge in [0.1, 0.15) is 0 Å². The van der Waals surface area contributed by atoms with E-state index in [4.69, 9.17) is 11.6 Å². The van der Waals surface area contributed by atoms with Crippen molar-refractivity contribution in [2.45, 2.75) is 25.7 Å². The molecule has 176 valence electrons. The molecular formula is C34H28ClN. The maximum atomic E-state index is 6.44. The fraction of sp³-hybridized carbons (Fsp3) is 0.147. The van der Waals surface area contributed by atoms with Gasteiger partial charge in [0.15, 0.2) is 0 Å². The van der Waals surface area contributed by atoms with Gasteiger partial charge in [-0.2, -0.15) is 0 Å². The van der Waals surface area contributed by atoms with E-state index >= 15 is 0 Å². The van der Waals surface area contributed by atoms with Crippen LogP contribution in [0.1, 0.15) is 36.0 Å². The summed E-state index contributed by atoms with van der Waals surface area (Å²) >= 11 is 6.44. The second-order valence-electron chi connectivity index (χ2n) is 9.87. The highest BCUT2D eigenvalue weighted by atomic mass is 35.5. The average Bonchev–Trinajstić information content (AvgIpc) is 2.93. The fourth-order valence-corrected chi connectivity index (χ4v) is 6.02. The lowest BCUT2D eigenvalue weighted by Gasteiger charge is -2.31. The van der Waals surface area contributed by atoms with Gasteiger partial charge in [-0.05, 0) is 74.5 Å². The molecule has 0 saturated carbocycles. The monoisotopic (exact) mass is 485 g/mol. The summed E-state index contributed by atoms with van der Waals surface area (Å²) in [5, 5.41) is 8.38. The normalized spacial score (nSPS) is 16.9. The zero-order valence-corrected chi connectivity index (χ0v) is 21.1. The molecule has 5 aromatic carbocycles. The summed E-state index contributed by atoms with van der Waals surface area (Å²) < 4.78 is 0. The molecule has 0 radical (unpaired) electrons. The lowest BCUT2D eigenvalue weighted by atomic mass is 9.72. The number of pyridine rings is 1. The number of rotatable bonds is 1. The molecule has 1 aliphatic rings. The molecule has 0 spiro atoms. The number of benzene rings is 5. The van der Waals surface area contributed by atoms with E-state index in [2.05, 4.69) is 90.8 Å². The number of fused-ring (bicyclic) bond motifs is 6. The van der Waals surface area contributed by atoms with Crippen LogP contribution in [0.5, 0.6) is 0 Å². The van der Waals surface area contributed by atoms with E-state index in [9.17, 15) is 0 Å². The van der Waals surface area contributed by atoms with Gasteiger partial charge in [0.05, 0.1) is 0 Å². The third-order valence-electron chi connectivity index (χ3n) is 7.44. The third kappa shape index (κ3) is 4.25. The largest absolute Gasteiger partial charge is 0.264 e. The van der Waals surface area contributed by atoms with Crippen molar-refractivity contribution in [1.82, 2.24) is 4.98 Å². The first-order valence-corrected chi connectivity index (χ1v) is 13.0. The molecule has 0 saturated heterocycles. The lowest BCUT2D eigenvalue weighted by molar-refractivity contribution is 0.467. The topological polar surface area (TPSA) is 12.9 Å². The molecule has 0 N–H and O–H groups in total. The first-order chi connectivity index (χ1) is 17.7. The molecule has 0 aliphatic heterocycles. The Morgan fingerprint density at radius 3 is 2.22 bits per heavy atom. The van der Waals surface area contributed by atoms with Crippen molar-refractivity contribution < 1.29 is 0 Å². The molecular weight excluding hydrogens is 458 g/mol. The predicted molar refractivity (Wildman–Crippen MR) is 154 cm³/mol. The molecule has 36 heavy (non-hydrogen) atoms. The van der Waals surface area contributed by atoms with Crippen molar-refractivity contribution in [3.63, 3.8) is 0 Å². The second-order valence-corrected chi connectivity index (χ2v) is 10.3. The minimum atomic E-state index is 0.468. The summed E-state index contributed by atoms with van der Waals surface area (Å²) in [5.41, 5.74) is 4.46. The fourth-order valence-electron chi connectivity index (χ4n) is 5.79. The Balaban J connectivity index is 0.000000200. The summed E-state index contributed by atoms with van der Waals surface area (Å²) in [4.78, 5) is 4.01. The van der Waals surface area contributed by atoms with Crippen LogP contribution in [0.15, 0.2) is 116 Å². The smallest absolute Gasteiger partial charge is 0.0484 e. The SMILES string of the molecule is CC1Cc2ccc3c(ccc4c(Cl)cccc43)c2C(c2ccccc2)C1.c1ccc2cnccc2c1. The standard InChI is InChI=1S/C25H21Cl.C9H7N/c1-16-14-18-10-11-20-19-8-5-9-24(26)21(19)12-13-22(20)25(18)23(15-16)17-6-3-2-4-7-17;1-2-4-9-7-10-6-5-8(9)3-1/h2-13,16,23H,14-15H2,1H3;1-7H. The highest BCUT2D eigenvalue weighted by Gasteiger charge is 2.27. The van der Waals surface area contributed by atoms with Gasteiger partial charge in [0.25, 0.3) is 0 Å². The highest BCUT2D eigenvalue weighted by Crippen LogP contribution is 2.44. The maximum Gasteiger partial charge on any atom is 0.0484 e. The van der Waals surface area contributed by atoms with E-state index in [0.717, 1.165) is 10.4 Å². The van der Waals surface area contributed by atoms with Gasteiger partial charge < -0.3 is 0 Å². The summed E-state index contributed by atoms with van der Waals surface area (Å²) in [6.45, 7) is 2.38. The van der Waals surface area contributed by atoms with Gasteiger partial charge in [-0.25, -0.2) is 0 Å². The molecule has 0 bridgehead atoms. The van der Waals surface area contributed by atoms with Crippen LogP contribution in [0, 0.1) is 5.92 Å². The summed E-state index contributed by atoms with van der Waals surface area (Å²) in [6.07, 6.45) is 6.06. The number of hydrogen-bond donors (Lipinski definition) is 0. The van der Waals surface area contributed by atoms with E-state index in [1.54, 1.807) is 0 Å². The predicted octanol–water partition coefficient (Wildman–Crippen LogP) is 9.60. The van der Waals surface area contributed by atoms with Gasteiger partial charge in [0, 0.05) is 28.7 Å². The summed E-state index contributed by atoms with van der Waals surface area (Å²) in [5.74, 6) is 1.18. The van der Waals surface area contributed by atoms with Crippen molar-refractivity contribution in [2.75, 3.05) is 0 Å². The maximum absolute atomic E-state index is 6.44. The first kappa shape index (κ1) is 22.8. The van der Waals surface area contributed by atoms with E-state index in [1.165, 1.54) is 56.5 Å². The van der Waals surface area contributed by atoms with E-state index in [-0.39, 0.29) is 0 Å². The van der Waals surface area contributed by atoms with Crippen LogP contribution in [-0.2, 0) is 6.42 Å².